The van der Waals surface area contributed by atoms with Gasteiger partial charge < -0.3 is 9.84 Å². The largest absolute Gasteiger partial charge is 0.508 e. The van der Waals surface area contributed by atoms with Crippen LogP contribution >= 0.6 is 11.8 Å². The number of nitrogens with zero attached hydrogens (tertiary/aromatic N) is 4. The van der Waals surface area contributed by atoms with Crippen molar-refractivity contribution in [1.82, 2.24) is 20.2 Å². The van der Waals surface area contributed by atoms with Gasteiger partial charge in [0.15, 0.2) is 0 Å². The summed E-state index contributed by atoms with van der Waals surface area (Å²) in [6.07, 6.45) is 2.04. The second-order valence-corrected chi connectivity index (χ2v) is 5.90. The van der Waals surface area contributed by atoms with E-state index in [4.69, 9.17) is 4.74 Å². The van der Waals surface area contributed by atoms with Crippen LogP contribution < -0.4 is 0 Å². The number of esters is 1. The Morgan fingerprint density at radius 1 is 1.43 bits per heavy atom. The van der Waals surface area contributed by atoms with E-state index in [0.29, 0.717) is 11.1 Å². The molecule has 3 rings (SSSR count). The van der Waals surface area contributed by atoms with Gasteiger partial charge in [-0.1, -0.05) is 11.8 Å². The van der Waals surface area contributed by atoms with Crippen LogP contribution in [0.2, 0.25) is 0 Å². The van der Waals surface area contributed by atoms with E-state index in [9.17, 15) is 9.90 Å². The highest BCUT2D eigenvalue weighted by molar-refractivity contribution is 8.00. The number of benzene rings is 1. The lowest BCUT2D eigenvalue weighted by atomic mass is 10.3. The number of carbonyl (C=O) groups excluding carboxylic acids is 1. The Kier molecular flexibility index (Phi) is 3.78. The van der Waals surface area contributed by atoms with Gasteiger partial charge in [0.05, 0.1) is 12.8 Å². The summed E-state index contributed by atoms with van der Waals surface area (Å²) in [5, 5.41) is 21.2. The molecular formula is C13H14N4O3S. The van der Waals surface area contributed by atoms with E-state index in [2.05, 4.69) is 15.5 Å². The maximum Gasteiger partial charge on any atom is 0.319 e. The number of aromatic nitrogens is 4. The van der Waals surface area contributed by atoms with Crippen LogP contribution in [-0.4, -0.2) is 43.6 Å². The van der Waals surface area contributed by atoms with E-state index in [1.54, 1.807) is 28.9 Å². The van der Waals surface area contributed by atoms with Crippen LogP contribution in [0.25, 0.3) is 5.69 Å². The zero-order valence-corrected chi connectivity index (χ0v) is 12.2. The van der Waals surface area contributed by atoms with Crippen LogP contribution in [0.15, 0.2) is 29.4 Å². The molecule has 1 N–H and O–H groups in total. The molecule has 21 heavy (non-hydrogen) atoms. The fourth-order valence-electron chi connectivity index (χ4n) is 1.97. The fourth-order valence-corrected chi connectivity index (χ4v) is 3.18. The van der Waals surface area contributed by atoms with Crippen LogP contribution in [-0.2, 0) is 9.53 Å². The summed E-state index contributed by atoms with van der Waals surface area (Å²) in [6.45, 7) is 0. The highest BCUT2D eigenvalue weighted by Crippen LogP contribution is 2.41. The minimum atomic E-state index is -0.281. The number of hydrogen-bond acceptors (Lipinski definition) is 7. The standard InChI is InChI=1S/C13H14N4O3S/c1-20-12(19)11(8-2-3-8)21-13-14-15-16-17(13)9-4-6-10(18)7-5-9/h4-8,11,18H,2-3H2,1H3. The number of rotatable bonds is 5. The van der Waals surface area contributed by atoms with Crippen molar-refractivity contribution < 1.29 is 14.6 Å². The Bertz CT molecular complexity index is 639. The average Bonchev–Trinajstić information content (AvgIpc) is 3.24. The van der Waals surface area contributed by atoms with Gasteiger partial charge in [-0.2, -0.15) is 4.68 Å². The third-order valence-corrected chi connectivity index (χ3v) is 4.55. The number of thioether (sulfide) groups is 1. The quantitative estimate of drug-likeness (QED) is 0.659. The smallest absolute Gasteiger partial charge is 0.319 e. The molecule has 1 saturated carbocycles. The first-order chi connectivity index (χ1) is 10.2. The van der Waals surface area contributed by atoms with Gasteiger partial charge in [0, 0.05) is 0 Å². The zero-order chi connectivity index (χ0) is 14.8. The van der Waals surface area contributed by atoms with Gasteiger partial charge in [0.2, 0.25) is 5.16 Å². The molecule has 0 amide bonds. The lowest BCUT2D eigenvalue weighted by Gasteiger charge is -2.12. The van der Waals surface area contributed by atoms with E-state index >= 15 is 0 Å². The molecule has 1 aromatic heterocycles. The zero-order valence-electron chi connectivity index (χ0n) is 11.3. The molecular weight excluding hydrogens is 292 g/mol. The van der Waals surface area contributed by atoms with Crippen LogP contribution in [0.3, 0.4) is 0 Å². The summed E-state index contributed by atoms with van der Waals surface area (Å²) in [6, 6.07) is 6.54. The molecule has 8 heteroatoms. The molecule has 1 aromatic carbocycles. The molecule has 0 aliphatic heterocycles. The van der Waals surface area contributed by atoms with Gasteiger partial charge in [-0.15, -0.1) is 5.10 Å². The number of carbonyl (C=O) groups is 1. The number of methoxy groups -OCH3 is 1. The highest BCUT2D eigenvalue weighted by atomic mass is 32.2. The number of ether oxygens (including phenoxy) is 1. The number of hydrogen-bond donors (Lipinski definition) is 1. The molecule has 0 radical (unpaired) electrons. The van der Waals surface area contributed by atoms with Crippen LogP contribution in [0, 0.1) is 5.92 Å². The summed E-state index contributed by atoms with van der Waals surface area (Å²) in [5.41, 5.74) is 0.722. The molecule has 0 saturated heterocycles. The number of aromatic hydroxyl groups is 1. The van der Waals surface area contributed by atoms with Gasteiger partial charge in [-0.05, 0) is 53.5 Å². The van der Waals surface area contributed by atoms with Crippen LogP contribution in [0.5, 0.6) is 5.75 Å². The molecule has 1 atom stereocenters. The molecule has 0 bridgehead atoms. The second-order valence-electron chi connectivity index (χ2n) is 4.79. The number of phenols is 1. The van der Waals surface area contributed by atoms with Crippen molar-refractivity contribution in [1.29, 1.82) is 0 Å². The van der Waals surface area contributed by atoms with Crippen LogP contribution in [0.1, 0.15) is 12.8 Å². The van der Waals surface area contributed by atoms with Crippen molar-refractivity contribution in [2.24, 2.45) is 5.92 Å². The first-order valence-electron chi connectivity index (χ1n) is 6.51. The van der Waals surface area contributed by atoms with E-state index in [-0.39, 0.29) is 17.0 Å². The number of phenolic OH excluding ortho intramolecular Hbond substituents is 1. The fraction of sp³-hybridized carbons (Fsp3) is 0.385. The highest BCUT2D eigenvalue weighted by Gasteiger charge is 2.39. The molecule has 1 aliphatic carbocycles. The van der Waals surface area contributed by atoms with Crippen molar-refractivity contribution in [3.63, 3.8) is 0 Å². The third kappa shape index (κ3) is 2.99. The first-order valence-corrected chi connectivity index (χ1v) is 7.39. The molecule has 1 aliphatic rings. The van der Waals surface area contributed by atoms with E-state index in [1.807, 2.05) is 0 Å². The lowest BCUT2D eigenvalue weighted by molar-refractivity contribution is -0.140. The molecule has 1 fully saturated rings. The van der Waals surface area contributed by atoms with Gasteiger partial charge in [0.1, 0.15) is 11.0 Å². The van der Waals surface area contributed by atoms with E-state index in [1.165, 1.54) is 18.9 Å². The molecule has 2 aromatic rings. The average molecular weight is 306 g/mol. The Labute approximate surface area is 125 Å². The van der Waals surface area contributed by atoms with Gasteiger partial charge in [-0.3, -0.25) is 4.79 Å². The summed E-state index contributed by atoms with van der Waals surface area (Å²) < 4.78 is 6.40. The first kappa shape index (κ1) is 13.9. The predicted molar refractivity (Wildman–Crippen MR) is 75.2 cm³/mol. The summed E-state index contributed by atoms with van der Waals surface area (Å²) in [5.74, 6) is 0.251. The normalized spacial score (nSPS) is 15.7. The van der Waals surface area contributed by atoms with Crippen molar-refractivity contribution >= 4 is 17.7 Å². The second kappa shape index (κ2) is 5.72. The minimum Gasteiger partial charge on any atom is -0.508 e. The number of tetrazole rings is 1. The van der Waals surface area contributed by atoms with Crippen molar-refractivity contribution in [3.8, 4) is 11.4 Å². The van der Waals surface area contributed by atoms with Crippen molar-refractivity contribution in [2.75, 3.05) is 7.11 Å². The van der Waals surface area contributed by atoms with E-state index < -0.39 is 0 Å². The summed E-state index contributed by atoms with van der Waals surface area (Å²) in [7, 11) is 1.39. The summed E-state index contributed by atoms with van der Waals surface area (Å²) in [4.78, 5) is 11.9. The van der Waals surface area contributed by atoms with Crippen molar-refractivity contribution in [2.45, 2.75) is 23.2 Å². The Morgan fingerprint density at radius 3 is 2.76 bits per heavy atom. The minimum absolute atomic E-state index is 0.173. The monoisotopic (exact) mass is 306 g/mol. The Balaban J connectivity index is 1.84. The predicted octanol–water partition coefficient (Wildman–Crippen LogP) is 1.41. The Morgan fingerprint density at radius 2 is 2.14 bits per heavy atom. The SMILES string of the molecule is COC(=O)C(Sc1nnnn1-c1ccc(O)cc1)C1CC1. The maximum absolute atomic E-state index is 11.9. The molecule has 1 heterocycles. The molecule has 0 spiro atoms. The van der Waals surface area contributed by atoms with Crippen molar-refractivity contribution in [3.05, 3.63) is 24.3 Å². The third-order valence-electron chi connectivity index (χ3n) is 3.25. The van der Waals surface area contributed by atoms with Gasteiger partial charge >= 0.3 is 5.97 Å². The molecule has 1 unspecified atom stereocenters. The lowest BCUT2D eigenvalue weighted by Crippen LogP contribution is -2.21. The van der Waals surface area contributed by atoms with Crippen LogP contribution in [0.4, 0.5) is 0 Å². The molecule has 7 nitrogen and oxygen atoms in total. The van der Waals surface area contributed by atoms with E-state index in [0.717, 1.165) is 18.5 Å². The molecule has 110 valence electrons. The van der Waals surface area contributed by atoms with Gasteiger partial charge in [-0.25, -0.2) is 0 Å². The maximum atomic E-state index is 11.9. The van der Waals surface area contributed by atoms with Gasteiger partial charge in [0.25, 0.3) is 0 Å². The topological polar surface area (TPSA) is 90.1 Å². The summed E-state index contributed by atoms with van der Waals surface area (Å²) >= 11 is 1.31. The Hall–Kier alpha value is -2.09.